The lowest BCUT2D eigenvalue weighted by molar-refractivity contribution is 0.183. The van der Waals surface area contributed by atoms with Crippen molar-refractivity contribution in [1.82, 2.24) is 0 Å². The van der Waals surface area contributed by atoms with Crippen LogP contribution in [-0.4, -0.2) is 7.11 Å². The van der Waals surface area contributed by atoms with Crippen LogP contribution < -0.4 is 0 Å². The Morgan fingerprint density at radius 1 is 1.67 bits per heavy atom. The van der Waals surface area contributed by atoms with E-state index in [9.17, 15) is 0 Å². The third-order valence-electron chi connectivity index (χ3n) is 1.27. The normalized spacial score (nSPS) is 10.0. The Bertz CT molecular complexity index is 179. The van der Waals surface area contributed by atoms with Crippen LogP contribution in [0, 0.1) is 6.92 Å². The van der Waals surface area contributed by atoms with Crippen LogP contribution in [0.15, 0.2) is 16.7 Å². The van der Waals surface area contributed by atoms with Crippen molar-refractivity contribution < 1.29 is 9.15 Å². The summed E-state index contributed by atoms with van der Waals surface area (Å²) in [6, 6.07) is 1.92. The molecule has 0 aromatic carbocycles. The summed E-state index contributed by atoms with van der Waals surface area (Å²) in [4.78, 5) is 0. The van der Waals surface area contributed by atoms with Crippen LogP contribution in [-0.2, 0) is 11.3 Å². The molecule has 0 unspecified atom stereocenters. The van der Waals surface area contributed by atoms with Gasteiger partial charge in [0.25, 0.3) is 0 Å². The lowest BCUT2D eigenvalue weighted by atomic mass is 10.3. The summed E-state index contributed by atoms with van der Waals surface area (Å²) in [6.07, 6.45) is 1.67. The van der Waals surface area contributed by atoms with E-state index in [1.165, 1.54) is 0 Å². The van der Waals surface area contributed by atoms with E-state index >= 15 is 0 Å². The second-order valence-corrected chi connectivity index (χ2v) is 1.94. The lowest BCUT2D eigenvalue weighted by Crippen LogP contribution is -1.85. The van der Waals surface area contributed by atoms with Crippen LogP contribution >= 0.6 is 0 Å². The van der Waals surface area contributed by atoms with Gasteiger partial charge in [0.15, 0.2) is 0 Å². The van der Waals surface area contributed by atoms with Crippen LogP contribution in [0.2, 0.25) is 0 Å². The van der Waals surface area contributed by atoms with Gasteiger partial charge in [-0.15, -0.1) is 0 Å². The number of aryl methyl sites for hydroxylation is 1. The molecule has 2 heteroatoms. The predicted octanol–water partition coefficient (Wildman–Crippen LogP) is 1.73. The molecule has 0 aliphatic rings. The van der Waals surface area contributed by atoms with E-state index in [2.05, 4.69) is 0 Å². The van der Waals surface area contributed by atoms with Gasteiger partial charge >= 0.3 is 0 Å². The van der Waals surface area contributed by atoms with Crippen molar-refractivity contribution in [3.8, 4) is 0 Å². The van der Waals surface area contributed by atoms with Gasteiger partial charge < -0.3 is 9.15 Å². The number of ether oxygens (including phenoxy) is 1. The van der Waals surface area contributed by atoms with Crippen LogP contribution in [0.1, 0.15) is 11.3 Å². The molecule has 1 aromatic rings. The summed E-state index contributed by atoms with van der Waals surface area (Å²) in [6.45, 7) is 2.57. The Morgan fingerprint density at radius 3 is 2.89 bits per heavy atom. The molecule has 0 amide bonds. The Balaban J connectivity index is 2.69. The SMILES string of the molecule is COCc1ccoc1C. The fourth-order valence-corrected chi connectivity index (χ4v) is 0.717. The molecule has 0 N–H and O–H groups in total. The smallest absolute Gasteiger partial charge is 0.106 e. The van der Waals surface area contributed by atoms with Gasteiger partial charge in [-0.3, -0.25) is 0 Å². The third-order valence-corrected chi connectivity index (χ3v) is 1.27. The highest BCUT2D eigenvalue weighted by Gasteiger charge is 1.97. The zero-order chi connectivity index (χ0) is 6.69. The zero-order valence-electron chi connectivity index (χ0n) is 5.68. The maximum Gasteiger partial charge on any atom is 0.106 e. The molecule has 0 atom stereocenters. The van der Waals surface area contributed by atoms with E-state index in [0.29, 0.717) is 6.61 Å². The van der Waals surface area contributed by atoms with Gasteiger partial charge in [0, 0.05) is 12.7 Å². The second-order valence-electron chi connectivity index (χ2n) is 1.94. The molecule has 0 radical (unpaired) electrons. The molecule has 0 saturated carbocycles. The van der Waals surface area contributed by atoms with Gasteiger partial charge in [0.05, 0.1) is 12.9 Å². The van der Waals surface area contributed by atoms with E-state index in [0.717, 1.165) is 11.3 Å². The van der Waals surface area contributed by atoms with Gasteiger partial charge in [0.2, 0.25) is 0 Å². The first-order valence-corrected chi connectivity index (χ1v) is 2.86. The van der Waals surface area contributed by atoms with E-state index in [-0.39, 0.29) is 0 Å². The van der Waals surface area contributed by atoms with Crippen molar-refractivity contribution in [2.24, 2.45) is 0 Å². The van der Waals surface area contributed by atoms with Gasteiger partial charge in [0.1, 0.15) is 5.76 Å². The first kappa shape index (κ1) is 6.36. The molecule has 0 bridgehead atoms. The molecule has 0 aliphatic carbocycles. The molecule has 50 valence electrons. The minimum absolute atomic E-state index is 0.641. The summed E-state index contributed by atoms with van der Waals surface area (Å²) in [5.74, 6) is 0.942. The molecule has 2 nitrogen and oxygen atoms in total. The van der Waals surface area contributed by atoms with Gasteiger partial charge in [-0.05, 0) is 13.0 Å². The first-order chi connectivity index (χ1) is 4.34. The summed E-state index contributed by atoms with van der Waals surface area (Å²) in [7, 11) is 1.67. The van der Waals surface area contributed by atoms with E-state index < -0.39 is 0 Å². The maximum atomic E-state index is 5.04. The van der Waals surface area contributed by atoms with Crippen molar-refractivity contribution in [2.75, 3.05) is 7.11 Å². The lowest BCUT2D eigenvalue weighted by Gasteiger charge is -1.93. The molecule has 0 aliphatic heterocycles. The number of hydrogen-bond acceptors (Lipinski definition) is 2. The highest BCUT2D eigenvalue weighted by Crippen LogP contribution is 2.08. The monoisotopic (exact) mass is 126 g/mol. The maximum absolute atomic E-state index is 5.04. The third kappa shape index (κ3) is 1.33. The van der Waals surface area contributed by atoms with Crippen LogP contribution in [0.3, 0.4) is 0 Å². The second kappa shape index (κ2) is 2.69. The van der Waals surface area contributed by atoms with Crippen molar-refractivity contribution in [2.45, 2.75) is 13.5 Å². The summed E-state index contributed by atoms with van der Waals surface area (Å²) in [5.41, 5.74) is 1.12. The average molecular weight is 126 g/mol. The van der Waals surface area contributed by atoms with Gasteiger partial charge in [-0.25, -0.2) is 0 Å². The van der Waals surface area contributed by atoms with Gasteiger partial charge in [-0.2, -0.15) is 0 Å². The minimum atomic E-state index is 0.641. The summed E-state index contributed by atoms with van der Waals surface area (Å²) < 4.78 is 9.94. The summed E-state index contributed by atoms with van der Waals surface area (Å²) in [5, 5.41) is 0. The number of methoxy groups -OCH3 is 1. The number of hydrogen-bond donors (Lipinski definition) is 0. The Morgan fingerprint density at radius 2 is 2.44 bits per heavy atom. The van der Waals surface area contributed by atoms with Crippen LogP contribution in [0.5, 0.6) is 0 Å². The van der Waals surface area contributed by atoms with Crippen molar-refractivity contribution in [3.05, 3.63) is 23.7 Å². The standard InChI is InChI=1S/C7H10O2/c1-6-7(5-8-2)3-4-9-6/h3-4H,5H2,1-2H3. The number of rotatable bonds is 2. The predicted molar refractivity (Wildman–Crippen MR) is 34.2 cm³/mol. The Hall–Kier alpha value is -0.760. The van der Waals surface area contributed by atoms with Crippen molar-refractivity contribution >= 4 is 0 Å². The highest BCUT2D eigenvalue weighted by atomic mass is 16.5. The molecular weight excluding hydrogens is 116 g/mol. The first-order valence-electron chi connectivity index (χ1n) is 2.86. The average Bonchev–Trinajstić information content (AvgIpc) is 2.18. The number of furan rings is 1. The molecule has 0 saturated heterocycles. The molecule has 0 fully saturated rings. The quantitative estimate of drug-likeness (QED) is 0.602. The van der Waals surface area contributed by atoms with Crippen LogP contribution in [0.25, 0.3) is 0 Å². The molecule has 9 heavy (non-hydrogen) atoms. The largest absolute Gasteiger partial charge is 0.469 e. The highest BCUT2D eigenvalue weighted by molar-refractivity contribution is 5.13. The Kier molecular flexibility index (Phi) is 1.90. The fraction of sp³-hybridized carbons (Fsp3) is 0.429. The summed E-state index contributed by atoms with van der Waals surface area (Å²) >= 11 is 0. The topological polar surface area (TPSA) is 22.4 Å². The molecular formula is C7H10O2. The van der Waals surface area contributed by atoms with Crippen LogP contribution in [0.4, 0.5) is 0 Å². The van der Waals surface area contributed by atoms with E-state index in [4.69, 9.17) is 9.15 Å². The van der Waals surface area contributed by atoms with E-state index in [1.807, 2.05) is 13.0 Å². The molecule has 1 aromatic heterocycles. The minimum Gasteiger partial charge on any atom is -0.469 e. The Labute approximate surface area is 54.4 Å². The molecule has 1 heterocycles. The van der Waals surface area contributed by atoms with E-state index in [1.54, 1.807) is 13.4 Å². The zero-order valence-corrected chi connectivity index (χ0v) is 5.68. The molecule has 0 spiro atoms. The van der Waals surface area contributed by atoms with Crippen molar-refractivity contribution in [1.29, 1.82) is 0 Å². The van der Waals surface area contributed by atoms with Gasteiger partial charge in [-0.1, -0.05) is 0 Å². The van der Waals surface area contributed by atoms with Crippen molar-refractivity contribution in [3.63, 3.8) is 0 Å². The fourth-order valence-electron chi connectivity index (χ4n) is 0.717. The molecule has 1 rings (SSSR count).